The predicted molar refractivity (Wildman–Crippen MR) is 110 cm³/mol. The van der Waals surface area contributed by atoms with Crippen molar-refractivity contribution < 1.29 is 29.3 Å². The lowest BCUT2D eigenvalue weighted by molar-refractivity contribution is -0.145. The third-order valence-electron chi connectivity index (χ3n) is 3.93. The van der Waals surface area contributed by atoms with Crippen LogP contribution in [0.5, 0.6) is 5.75 Å². The van der Waals surface area contributed by atoms with Crippen molar-refractivity contribution in [1.29, 1.82) is 0 Å². The second kappa shape index (κ2) is 9.20. The number of benzene rings is 1. The monoisotopic (exact) mass is 423 g/mol. The van der Waals surface area contributed by atoms with E-state index in [9.17, 15) is 19.5 Å². The number of carbonyl (C=O) groups excluding carboxylic acids is 1. The van der Waals surface area contributed by atoms with Crippen molar-refractivity contribution in [3.05, 3.63) is 34.7 Å². The molecule has 0 aromatic heterocycles. The molecule has 1 fully saturated rings. The standard InChI is InChI=1S/C19H21NO6S2/c1-10(2)7-14(18(24)25)20-16(21)15(28-19(20)27)9-12-5-4-6-13(8-12)26-11(3)17(22)23/h4-6,8-11,14H,7H2,1-3H3,(H,22,23)(H,24,25)/b15-9-. The summed E-state index contributed by atoms with van der Waals surface area (Å²) >= 11 is 6.29. The van der Waals surface area contributed by atoms with Crippen LogP contribution >= 0.6 is 24.0 Å². The van der Waals surface area contributed by atoms with E-state index in [1.54, 1.807) is 30.3 Å². The third kappa shape index (κ3) is 5.32. The second-order valence-electron chi connectivity index (χ2n) is 6.71. The summed E-state index contributed by atoms with van der Waals surface area (Å²) in [6.45, 7) is 5.18. The van der Waals surface area contributed by atoms with Gasteiger partial charge in [-0.3, -0.25) is 9.69 Å². The number of thiocarbonyl (C=S) groups is 1. The average molecular weight is 424 g/mol. The number of hydrogen-bond acceptors (Lipinski definition) is 6. The van der Waals surface area contributed by atoms with Gasteiger partial charge in [-0.15, -0.1) is 0 Å². The van der Waals surface area contributed by atoms with Crippen molar-refractivity contribution >= 4 is 52.2 Å². The number of rotatable bonds is 8. The quantitative estimate of drug-likeness (QED) is 0.485. The van der Waals surface area contributed by atoms with E-state index in [1.165, 1.54) is 6.92 Å². The molecule has 2 N–H and O–H groups in total. The van der Waals surface area contributed by atoms with E-state index in [0.717, 1.165) is 16.7 Å². The number of carbonyl (C=O) groups is 3. The minimum atomic E-state index is -1.09. The van der Waals surface area contributed by atoms with Crippen LogP contribution in [0.1, 0.15) is 32.8 Å². The van der Waals surface area contributed by atoms with Crippen molar-refractivity contribution in [2.45, 2.75) is 39.3 Å². The molecular formula is C19H21NO6S2. The normalized spacial score (nSPS) is 17.9. The van der Waals surface area contributed by atoms with Crippen molar-refractivity contribution in [3.8, 4) is 5.75 Å². The van der Waals surface area contributed by atoms with Gasteiger partial charge in [0.25, 0.3) is 5.91 Å². The number of amides is 1. The molecule has 9 heteroatoms. The molecule has 0 radical (unpaired) electrons. The molecule has 0 spiro atoms. The van der Waals surface area contributed by atoms with Gasteiger partial charge in [-0.2, -0.15) is 0 Å². The molecule has 0 aliphatic carbocycles. The second-order valence-corrected chi connectivity index (χ2v) is 8.38. The Morgan fingerprint density at radius 2 is 1.93 bits per heavy atom. The summed E-state index contributed by atoms with van der Waals surface area (Å²) in [7, 11) is 0. The average Bonchev–Trinajstić information content (AvgIpc) is 2.86. The summed E-state index contributed by atoms with van der Waals surface area (Å²) in [5, 5.41) is 18.5. The SMILES string of the molecule is CC(C)CC(C(=O)O)N1C(=O)/C(=C/c2cccc(OC(C)C(=O)O)c2)SC1=S. The highest BCUT2D eigenvalue weighted by atomic mass is 32.2. The van der Waals surface area contributed by atoms with Crippen LogP contribution in [0, 0.1) is 5.92 Å². The number of ether oxygens (including phenoxy) is 1. The molecule has 1 amide bonds. The van der Waals surface area contributed by atoms with Gasteiger partial charge in [0.05, 0.1) is 4.91 Å². The van der Waals surface area contributed by atoms with Gasteiger partial charge in [-0.05, 0) is 43.0 Å². The highest BCUT2D eigenvalue weighted by molar-refractivity contribution is 8.26. The lowest BCUT2D eigenvalue weighted by Crippen LogP contribution is -2.44. The summed E-state index contributed by atoms with van der Waals surface area (Å²) in [4.78, 5) is 36.8. The van der Waals surface area contributed by atoms with Gasteiger partial charge in [0.1, 0.15) is 16.1 Å². The van der Waals surface area contributed by atoms with Crippen LogP contribution in [0.4, 0.5) is 0 Å². The van der Waals surface area contributed by atoms with Crippen LogP contribution in [0.25, 0.3) is 6.08 Å². The smallest absolute Gasteiger partial charge is 0.344 e. The Bertz CT molecular complexity index is 835. The molecule has 2 atom stereocenters. The van der Waals surface area contributed by atoms with Crippen LogP contribution in [0.3, 0.4) is 0 Å². The van der Waals surface area contributed by atoms with Crippen LogP contribution in [-0.4, -0.2) is 49.4 Å². The molecule has 1 aliphatic heterocycles. The van der Waals surface area contributed by atoms with Crippen LogP contribution in [0.2, 0.25) is 0 Å². The first-order valence-electron chi connectivity index (χ1n) is 8.59. The molecule has 7 nitrogen and oxygen atoms in total. The van der Waals surface area contributed by atoms with Crippen molar-refractivity contribution in [1.82, 2.24) is 4.90 Å². The lowest BCUT2D eigenvalue weighted by Gasteiger charge is -2.24. The molecule has 1 aromatic rings. The Labute approximate surface area is 172 Å². The first kappa shape index (κ1) is 21.9. The molecule has 1 heterocycles. The van der Waals surface area contributed by atoms with E-state index in [0.29, 0.717) is 22.6 Å². The van der Waals surface area contributed by atoms with Crippen molar-refractivity contribution in [3.63, 3.8) is 0 Å². The largest absolute Gasteiger partial charge is 0.480 e. The lowest BCUT2D eigenvalue weighted by atomic mass is 10.0. The number of carboxylic acid groups (broad SMARTS) is 2. The van der Waals surface area contributed by atoms with E-state index in [4.69, 9.17) is 22.1 Å². The summed E-state index contributed by atoms with van der Waals surface area (Å²) in [6.07, 6.45) is 0.873. The summed E-state index contributed by atoms with van der Waals surface area (Å²) < 4.78 is 5.53. The highest BCUT2D eigenvalue weighted by Crippen LogP contribution is 2.35. The van der Waals surface area contributed by atoms with E-state index in [1.807, 2.05) is 13.8 Å². The first-order chi connectivity index (χ1) is 13.1. The maximum atomic E-state index is 12.8. The molecule has 1 aromatic carbocycles. The fraction of sp³-hybridized carbons (Fsp3) is 0.368. The van der Waals surface area contributed by atoms with E-state index in [-0.39, 0.29) is 10.2 Å². The van der Waals surface area contributed by atoms with E-state index < -0.39 is 30.0 Å². The Morgan fingerprint density at radius 3 is 2.50 bits per heavy atom. The third-order valence-corrected chi connectivity index (χ3v) is 5.26. The summed E-state index contributed by atoms with van der Waals surface area (Å²) in [6, 6.07) is 5.62. The molecular weight excluding hydrogens is 402 g/mol. The maximum absolute atomic E-state index is 12.8. The van der Waals surface area contributed by atoms with Gasteiger partial charge in [-0.25, -0.2) is 9.59 Å². The van der Waals surface area contributed by atoms with E-state index >= 15 is 0 Å². The Kier molecular flexibility index (Phi) is 7.20. The highest BCUT2D eigenvalue weighted by Gasteiger charge is 2.40. The minimum absolute atomic E-state index is 0.0831. The van der Waals surface area contributed by atoms with Gasteiger partial charge < -0.3 is 14.9 Å². The fourth-order valence-corrected chi connectivity index (χ4v) is 3.95. The number of hydrogen-bond donors (Lipinski definition) is 2. The minimum Gasteiger partial charge on any atom is -0.480 e. The zero-order chi connectivity index (χ0) is 21.0. The van der Waals surface area contributed by atoms with Crippen LogP contribution in [0.15, 0.2) is 29.2 Å². The molecule has 28 heavy (non-hydrogen) atoms. The first-order valence-corrected chi connectivity index (χ1v) is 9.82. The Hall–Kier alpha value is -2.39. The fourth-order valence-electron chi connectivity index (χ4n) is 2.60. The number of carboxylic acids is 2. The molecule has 0 saturated carbocycles. The molecule has 1 aliphatic rings. The summed E-state index contributed by atoms with van der Waals surface area (Å²) in [5.41, 5.74) is 0.617. The molecule has 1 saturated heterocycles. The predicted octanol–water partition coefficient (Wildman–Crippen LogP) is 3.24. The van der Waals surface area contributed by atoms with Crippen molar-refractivity contribution in [2.24, 2.45) is 5.92 Å². The van der Waals surface area contributed by atoms with Gasteiger partial charge in [0, 0.05) is 0 Å². The number of aliphatic carboxylic acids is 2. The van der Waals surface area contributed by atoms with Gasteiger partial charge in [0.15, 0.2) is 6.10 Å². The molecule has 2 rings (SSSR count). The Balaban J connectivity index is 2.26. The zero-order valence-corrected chi connectivity index (χ0v) is 17.3. The van der Waals surface area contributed by atoms with Crippen LogP contribution in [-0.2, 0) is 14.4 Å². The van der Waals surface area contributed by atoms with Gasteiger partial charge >= 0.3 is 11.9 Å². The molecule has 2 unspecified atom stereocenters. The summed E-state index contributed by atoms with van der Waals surface area (Å²) in [5.74, 6) is -2.20. The van der Waals surface area contributed by atoms with Gasteiger partial charge in [-0.1, -0.05) is 50.0 Å². The van der Waals surface area contributed by atoms with E-state index in [2.05, 4.69) is 0 Å². The maximum Gasteiger partial charge on any atom is 0.344 e. The zero-order valence-electron chi connectivity index (χ0n) is 15.6. The molecule has 150 valence electrons. The van der Waals surface area contributed by atoms with Crippen LogP contribution < -0.4 is 4.74 Å². The number of nitrogens with zero attached hydrogens (tertiary/aromatic N) is 1. The Morgan fingerprint density at radius 1 is 1.25 bits per heavy atom. The van der Waals surface area contributed by atoms with Crippen molar-refractivity contribution in [2.75, 3.05) is 0 Å². The topological polar surface area (TPSA) is 104 Å². The molecule has 0 bridgehead atoms. The number of thioether (sulfide) groups is 1. The van der Waals surface area contributed by atoms with Gasteiger partial charge in [0.2, 0.25) is 0 Å².